The first kappa shape index (κ1) is 20.6. The average Bonchev–Trinajstić information content (AvgIpc) is 2.75. The molecule has 150 valence electrons. The van der Waals surface area contributed by atoms with Gasteiger partial charge in [0.25, 0.3) is 0 Å². The van der Waals surface area contributed by atoms with E-state index in [2.05, 4.69) is 22.5 Å². The number of aliphatic hydroxyl groups is 1. The Kier molecular flexibility index (Phi) is 7.44. The Morgan fingerprint density at radius 2 is 1.41 bits per heavy atom. The zero-order chi connectivity index (χ0) is 20.5. The van der Waals surface area contributed by atoms with Gasteiger partial charge < -0.3 is 25.4 Å². The maximum absolute atomic E-state index is 9.15. The number of nitrogens with zero attached hydrogens (tertiary/aromatic N) is 1. The molecular weight excluding hydrogens is 382 g/mol. The van der Waals surface area contributed by atoms with E-state index in [9.17, 15) is 0 Å². The van der Waals surface area contributed by atoms with Gasteiger partial charge in [-0.25, -0.2) is 0 Å². The molecule has 0 aliphatic heterocycles. The van der Waals surface area contributed by atoms with E-state index in [1.807, 2.05) is 78.9 Å². The molecule has 0 heterocycles. The van der Waals surface area contributed by atoms with E-state index in [0.717, 1.165) is 35.1 Å². The van der Waals surface area contributed by atoms with Crippen molar-refractivity contribution in [2.24, 2.45) is 0 Å². The molecule has 0 radical (unpaired) electrons. The first-order valence-electron chi connectivity index (χ1n) is 9.55. The van der Waals surface area contributed by atoms with Crippen molar-refractivity contribution >= 4 is 34.4 Å². The molecule has 0 fully saturated rings. The molecule has 6 heteroatoms. The molecule has 0 unspecified atom stereocenters. The van der Waals surface area contributed by atoms with Gasteiger partial charge >= 0.3 is 0 Å². The number of aliphatic hydroxyl groups excluding tert-OH is 1. The third-order valence-electron chi connectivity index (χ3n) is 4.33. The van der Waals surface area contributed by atoms with E-state index in [1.165, 1.54) is 0 Å². The third-order valence-corrected chi connectivity index (χ3v) is 4.54. The highest BCUT2D eigenvalue weighted by molar-refractivity contribution is 7.80. The molecule has 3 aromatic carbocycles. The highest BCUT2D eigenvalue weighted by Crippen LogP contribution is 2.23. The predicted octanol–water partition coefficient (Wildman–Crippen LogP) is 5.11. The normalized spacial score (nSPS) is 10.3. The average molecular weight is 408 g/mol. The summed E-state index contributed by atoms with van der Waals surface area (Å²) in [6.45, 7) is 3.67. The van der Waals surface area contributed by atoms with Crippen LogP contribution in [0.2, 0.25) is 0 Å². The van der Waals surface area contributed by atoms with Crippen LogP contribution in [-0.2, 0) is 0 Å². The van der Waals surface area contributed by atoms with E-state index < -0.39 is 0 Å². The van der Waals surface area contributed by atoms with Gasteiger partial charge in [-0.1, -0.05) is 18.2 Å². The van der Waals surface area contributed by atoms with Crippen LogP contribution in [0.25, 0.3) is 0 Å². The molecule has 0 aliphatic rings. The minimum atomic E-state index is 0.136. The van der Waals surface area contributed by atoms with E-state index in [1.54, 1.807) is 0 Å². The first-order valence-corrected chi connectivity index (χ1v) is 9.95. The molecule has 0 aliphatic carbocycles. The number of hydrogen-bond donors (Lipinski definition) is 3. The molecular formula is C23H25N3O2S. The van der Waals surface area contributed by atoms with Crippen LogP contribution in [0.5, 0.6) is 11.5 Å². The Bertz CT molecular complexity index is 900. The molecule has 3 rings (SSSR count). The lowest BCUT2D eigenvalue weighted by Gasteiger charge is -2.22. The lowest BCUT2D eigenvalue weighted by Crippen LogP contribution is -2.26. The van der Waals surface area contributed by atoms with Crippen molar-refractivity contribution in [1.82, 2.24) is 0 Å². The number of rotatable bonds is 8. The van der Waals surface area contributed by atoms with Gasteiger partial charge in [0.05, 0.1) is 6.61 Å². The number of benzene rings is 3. The standard InChI is InChI=1S/C23H25N3O2S/c1-2-26(16-17-27)20-12-8-18(9-13-20)24-23(29)25-19-10-14-22(15-11-19)28-21-6-4-3-5-7-21/h3-15,27H,2,16-17H2,1H3,(H2,24,25,29). The van der Waals surface area contributed by atoms with Crippen LogP contribution in [0.3, 0.4) is 0 Å². The zero-order valence-corrected chi connectivity index (χ0v) is 17.2. The van der Waals surface area contributed by atoms with Crippen molar-refractivity contribution in [2.45, 2.75) is 6.92 Å². The summed E-state index contributed by atoms with van der Waals surface area (Å²) in [6, 6.07) is 25.3. The molecule has 3 N–H and O–H groups in total. The minimum Gasteiger partial charge on any atom is -0.457 e. The minimum absolute atomic E-state index is 0.136. The smallest absolute Gasteiger partial charge is 0.175 e. The van der Waals surface area contributed by atoms with Gasteiger partial charge in [-0.15, -0.1) is 0 Å². The Balaban J connectivity index is 1.53. The fraction of sp³-hybridized carbons (Fsp3) is 0.174. The molecule has 5 nitrogen and oxygen atoms in total. The van der Waals surface area contributed by atoms with Gasteiger partial charge in [-0.3, -0.25) is 0 Å². The SMILES string of the molecule is CCN(CCO)c1ccc(NC(=S)Nc2ccc(Oc3ccccc3)cc2)cc1. The molecule has 0 aromatic heterocycles. The molecule has 0 saturated heterocycles. The Morgan fingerprint density at radius 1 is 0.862 bits per heavy atom. The summed E-state index contributed by atoms with van der Waals surface area (Å²) < 4.78 is 5.80. The van der Waals surface area contributed by atoms with Crippen molar-refractivity contribution in [3.05, 3.63) is 78.9 Å². The summed E-state index contributed by atoms with van der Waals surface area (Å²) in [5.74, 6) is 1.56. The predicted molar refractivity (Wildman–Crippen MR) is 124 cm³/mol. The van der Waals surface area contributed by atoms with Crippen LogP contribution in [0.15, 0.2) is 78.9 Å². The van der Waals surface area contributed by atoms with Crippen LogP contribution >= 0.6 is 12.2 Å². The lowest BCUT2D eigenvalue weighted by atomic mass is 10.2. The second kappa shape index (κ2) is 10.5. The van der Waals surface area contributed by atoms with Crippen LogP contribution in [0.1, 0.15) is 6.92 Å². The van der Waals surface area contributed by atoms with Crippen molar-refractivity contribution in [2.75, 3.05) is 35.2 Å². The summed E-state index contributed by atoms with van der Waals surface area (Å²) in [6.07, 6.45) is 0. The molecule has 0 spiro atoms. The van der Waals surface area contributed by atoms with Crippen LogP contribution in [0.4, 0.5) is 17.1 Å². The quantitative estimate of drug-likeness (QED) is 0.451. The summed E-state index contributed by atoms with van der Waals surface area (Å²) in [5, 5.41) is 16.0. The molecule has 0 atom stereocenters. The maximum Gasteiger partial charge on any atom is 0.175 e. The van der Waals surface area contributed by atoms with Crippen molar-refractivity contribution < 1.29 is 9.84 Å². The van der Waals surface area contributed by atoms with Gasteiger partial charge in [0.1, 0.15) is 11.5 Å². The fourth-order valence-electron chi connectivity index (χ4n) is 2.87. The van der Waals surface area contributed by atoms with E-state index in [-0.39, 0.29) is 6.61 Å². The third kappa shape index (κ3) is 6.20. The van der Waals surface area contributed by atoms with Crippen LogP contribution in [0, 0.1) is 0 Å². The van der Waals surface area contributed by atoms with Crippen LogP contribution in [-0.4, -0.2) is 29.9 Å². The Hall–Kier alpha value is -3.09. The number of para-hydroxylation sites is 1. The molecule has 0 bridgehead atoms. The van der Waals surface area contributed by atoms with E-state index >= 15 is 0 Å². The number of nitrogens with one attached hydrogen (secondary N) is 2. The van der Waals surface area contributed by atoms with Crippen molar-refractivity contribution in [3.8, 4) is 11.5 Å². The number of hydrogen-bond acceptors (Lipinski definition) is 4. The van der Waals surface area contributed by atoms with Gasteiger partial charge in [-0.05, 0) is 79.8 Å². The summed E-state index contributed by atoms with van der Waals surface area (Å²) in [7, 11) is 0. The monoisotopic (exact) mass is 407 g/mol. The Morgan fingerprint density at radius 3 is 1.97 bits per heavy atom. The largest absolute Gasteiger partial charge is 0.457 e. The summed E-state index contributed by atoms with van der Waals surface area (Å²) in [4.78, 5) is 2.11. The molecule has 29 heavy (non-hydrogen) atoms. The van der Waals surface area contributed by atoms with Gasteiger partial charge in [0.2, 0.25) is 0 Å². The molecule has 3 aromatic rings. The van der Waals surface area contributed by atoms with E-state index in [0.29, 0.717) is 11.7 Å². The number of thiocarbonyl (C=S) groups is 1. The molecule has 0 amide bonds. The number of anilines is 3. The molecule has 0 saturated carbocycles. The second-order valence-corrected chi connectivity index (χ2v) is 6.78. The number of ether oxygens (including phenoxy) is 1. The van der Waals surface area contributed by atoms with Gasteiger partial charge in [0.15, 0.2) is 5.11 Å². The first-order chi connectivity index (χ1) is 14.2. The van der Waals surface area contributed by atoms with Gasteiger partial charge in [0, 0.05) is 30.2 Å². The van der Waals surface area contributed by atoms with Crippen molar-refractivity contribution in [3.63, 3.8) is 0 Å². The van der Waals surface area contributed by atoms with E-state index in [4.69, 9.17) is 22.1 Å². The van der Waals surface area contributed by atoms with Crippen LogP contribution < -0.4 is 20.3 Å². The zero-order valence-electron chi connectivity index (χ0n) is 16.3. The van der Waals surface area contributed by atoms with Crippen molar-refractivity contribution in [1.29, 1.82) is 0 Å². The Labute approximate surface area is 176 Å². The highest BCUT2D eigenvalue weighted by Gasteiger charge is 2.05. The fourth-order valence-corrected chi connectivity index (χ4v) is 3.11. The summed E-state index contributed by atoms with van der Waals surface area (Å²) in [5.41, 5.74) is 2.84. The maximum atomic E-state index is 9.15. The number of likely N-dealkylation sites (N-methyl/N-ethyl adjacent to an activating group) is 1. The lowest BCUT2D eigenvalue weighted by molar-refractivity contribution is 0.302. The highest BCUT2D eigenvalue weighted by atomic mass is 32.1. The topological polar surface area (TPSA) is 56.8 Å². The van der Waals surface area contributed by atoms with Gasteiger partial charge in [-0.2, -0.15) is 0 Å². The second-order valence-electron chi connectivity index (χ2n) is 6.37. The summed E-state index contributed by atoms with van der Waals surface area (Å²) >= 11 is 5.41.